The minimum atomic E-state index is -0.758. The van der Waals surface area contributed by atoms with E-state index in [4.69, 9.17) is 14.2 Å². The van der Waals surface area contributed by atoms with E-state index in [9.17, 15) is 14.4 Å². The van der Waals surface area contributed by atoms with Gasteiger partial charge in [0.25, 0.3) is 0 Å². The lowest BCUT2D eigenvalue weighted by Gasteiger charge is -2.18. The molecule has 0 saturated heterocycles. The predicted octanol–water partition coefficient (Wildman–Crippen LogP) is 15.3. The van der Waals surface area contributed by atoms with Gasteiger partial charge in [0.15, 0.2) is 6.10 Å². The van der Waals surface area contributed by atoms with Crippen molar-refractivity contribution in [3.05, 3.63) is 0 Å². The van der Waals surface area contributed by atoms with Crippen LogP contribution in [0.4, 0.5) is 0 Å². The van der Waals surface area contributed by atoms with Gasteiger partial charge in [-0.1, -0.05) is 233 Å². The molecule has 0 aromatic heterocycles. The fourth-order valence-electron chi connectivity index (χ4n) is 7.21. The maximum atomic E-state index is 12.7. The standard InChI is InChI=1S/C48H92O6/c1-4-7-10-13-16-19-22-24-27-30-33-36-39-42-48(51)54-45(43-52-46(49)40-37-34-31-28-25-21-18-15-12-9-6-3)44-53-47(50)41-38-35-32-29-26-23-20-17-14-11-8-5-2/h45H,4-44H2,1-3H3/t45-/m0/s1. The molecule has 1 atom stereocenters. The van der Waals surface area contributed by atoms with Crippen molar-refractivity contribution >= 4 is 17.9 Å². The molecule has 0 aromatic rings. The first kappa shape index (κ1) is 52.4. The number of ether oxygens (including phenoxy) is 3. The Bertz CT molecular complexity index is 798. The zero-order valence-corrected chi connectivity index (χ0v) is 36.5. The predicted molar refractivity (Wildman–Crippen MR) is 229 cm³/mol. The van der Waals surface area contributed by atoms with Gasteiger partial charge < -0.3 is 14.2 Å². The molecule has 0 aliphatic carbocycles. The Hall–Kier alpha value is -1.59. The number of hydrogen-bond acceptors (Lipinski definition) is 6. The van der Waals surface area contributed by atoms with Crippen molar-refractivity contribution in [2.24, 2.45) is 0 Å². The van der Waals surface area contributed by atoms with Gasteiger partial charge in [0, 0.05) is 19.3 Å². The Labute approximate surface area is 336 Å². The van der Waals surface area contributed by atoms with Crippen LogP contribution < -0.4 is 0 Å². The van der Waals surface area contributed by atoms with Crippen LogP contribution >= 0.6 is 0 Å². The highest BCUT2D eigenvalue weighted by Crippen LogP contribution is 2.16. The fraction of sp³-hybridized carbons (Fsp3) is 0.938. The first-order valence-electron chi connectivity index (χ1n) is 24.0. The van der Waals surface area contributed by atoms with Gasteiger partial charge in [-0.3, -0.25) is 14.4 Å². The van der Waals surface area contributed by atoms with E-state index in [1.54, 1.807) is 0 Å². The van der Waals surface area contributed by atoms with Crippen molar-refractivity contribution in [2.75, 3.05) is 13.2 Å². The minimum Gasteiger partial charge on any atom is -0.462 e. The molecule has 320 valence electrons. The average Bonchev–Trinajstić information content (AvgIpc) is 3.17. The first-order chi connectivity index (χ1) is 26.5. The molecule has 0 aromatic carbocycles. The van der Waals surface area contributed by atoms with Crippen molar-refractivity contribution in [3.63, 3.8) is 0 Å². The van der Waals surface area contributed by atoms with E-state index in [0.717, 1.165) is 57.8 Å². The first-order valence-corrected chi connectivity index (χ1v) is 24.0. The van der Waals surface area contributed by atoms with E-state index in [0.29, 0.717) is 19.3 Å². The van der Waals surface area contributed by atoms with Crippen LogP contribution in [0, 0.1) is 0 Å². The van der Waals surface area contributed by atoms with E-state index < -0.39 is 6.10 Å². The molecule has 0 rings (SSSR count). The molecule has 0 bridgehead atoms. The summed E-state index contributed by atoms with van der Waals surface area (Å²) in [6.45, 7) is 6.65. The molecule has 6 nitrogen and oxygen atoms in total. The Morgan fingerprint density at radius 2 is 0.500 bits per heavy atom. The summed E-state index contributed by atoms with van der Waals surface area (Å²) in [5.74, 6) is -0.848. The monoisotopic (exact) mass is 765 g/mol. The van der Waals surface area contributed by atoms with Gasteiger partial charge in [0.1, 0.15) is 13.2 Å². The van der Waals surface area contributed by atoms with Gasteiger partial charge in [-0.05, 0) is 19.3 Å². The Morgan fingerprint density at radius 3 is 0.741 bits per heavy atom. The summed E-state index contributed by atoms with van der Waals surface area (Å²) in [7, 11) is 0. The molecule has 0 radical (unpaired) electrons. The molecule has 0 saturated carbocycles. The fourth-order valence-corrected chi connectivity index (χ4v) is 7.21. The summed E-state index contributed by atoms with van der Waals surface area (Å²) in [6, 6.07) is 0. The number of carbonyl (C=O) groups is 3. The van der Waals surface area contributed by atoms with Gasteiger partial charge >= 0.3 is 17.9 Å². The van der Waals surface area contributed by atoms with E-state index in [1.165, 1.54) is 173 Å². The summed E-state index contributed by atoms with van der Waals surface area (Å²) in [6.07, 6.45) is 45.0. The van der Waals surface area contributed by atoms with E-state index in [1.807, 2.05) is 0 Å². The molecule has 0 N–H and O–H groups in total. The van der Waals surface area contributed by atoms with E-state index in [-0.39, 0.29) is 31.1 Å². The van der Waals surface area contributed by atoms with Gasteiger partial charge in [-0.15, -0.1) is 0 Å². The number of unbranched alkanes of at least 4 members (excludes halogenated alkanes) is 33. The van der Waals surface area contributed by atoms with E-state index >= 15 is 0 Å². The third-order valence-electron chi connectivity index (χ3n) is 10.9. The summed E-state index contributed by atoms with van der Waals surface area (Å²) in [5.41, 5.74) is 0. The van der Waals surface area contributed by atoms with Crippen LogP contribution in [0.3, 0.4) is 0 Å². The third kappa shape index (κ3) is 41.6. The summed E-state index contributed by atoms with van der Waals surface area (Å²) in [4.78, 5) is 37.8. The second-order valence-electron chi connectivity index (χ2n) is 16.4. The van der Waals surface area contributed by atoms with Crippen molar-refractivity contribution in [1.29, 1.82) is 0 Å². The van der Waals surface area contributed by atoms with Crippen LogP contribution in [0.5, 0.6) is 0 Å². The van der Waals surface area contributed by atoms with Crippen molar-refractivity contribution < 1.29 is 28.6 Å². The second-order valence-corrected chi connectivity index (χ2v) is 16.4. The van der Waals surface area contributed by atoms with E-state index in [2.05, 4.69) is 20.8 Å². The Balaban J connectivity index is 4.32. The smallest absolute Gasteiger partial charge is 0.306 e. The molecule has 0 spiro atoms. The zero-order chi connectivity index (χ0) is 39.4. The molecule has 54 heavy (non-hydrogen) atoms. The maximum Gasteiger partial charge on any atom is 0.306 e. The van der Waals surface area contributed by atoms with Crippen molar-refractivity contribution in [1.82, 2.24) is 0 Å². The lowest BCUT2D eigenvalue weighted by atomic mass is 10.0. The van der Waals surface area contributed by atoms with Gasteiger partial charge in [0.05, 0.1) is 0 Å². The van der Waals surface area contributed by atoms with Crippen LogP contribution in [0.15, 0.2) is 0 Å². The zero-order valence-electron chi connectivity index (χ0n) is 36.5. The highest BCUT2D eigenvalue weighted by Gasteiger charge is 2.19. The Morgan fingerprint density at radius 1 is 0.296 bits per heavy atom. The summed E-state index contributed by atoms with van der Waals surface area (Å²) < 4.78 is 16.7. The van der Waals surface area contributed by atoms with Crippen molar-refractivity contribution in [2.45, 2.75) is 277 Å². The SMILES string of the molecule is CCCCCCCCCCCCCCCC(=O)O[C@@H](COC(=O)CCCCCCCCCCCCC)COC(=O)CCCCCCCCCCCCCC. The molecule has 0 heterocycles. The molecule has 6 heteroatoms. The number of carbonyl (C=O) groups excluding carboxylic acids is 3. The Kier molecular flexibility index (Phi) is 42.8. The molecule has 0 unspecified atom stereocenters. The normalized spacial score (nSPS) is 11.8. The molecular formula is C48H92O6. The molecule has 0 fully saturated rings. The summed E-state index contributed by atoms with van der Waals surface area (Å²) >= 11 is 0. The maximum absolute atomic E-state index is 12.7. The van der Waals surface area contributed by atoms with Gasteiger partial charge in [0.2, 0.25) is 0 Å². The molecule has 0 aliphatic rings. The molecule has 0 aliphatic heterocycles. The quantitative estimate of drug-likeness (QED) is 0.0349. The molecular weight excluding hydrogens is 673 g/mol. The van der Waals surface area contributed by atoms with Gasteiger partial charge in [-0.25, -0.2) is 0 Å². The second kappa shape index (κ2) is 44.1. The molecule has 0 amide bonds. The topological polar surface area (TPSA) is 78.9 Å². The average molecular weight is 765 g/mol. The van der Waals surface area contributed by atoms with Crippen LogP contribution in [-0.4, -0.2) is 37.2 Å². The lowest BCUT2D eigenvalue weighted by Crippen LogP contribution is -2.30. The van der Waals surface area contributed by atoms with Crippen LogP contribution in [0.25, 0.3) is 0 Å². The highest BCUT2D eigenvalue weighted by atomic mass is 16.6. The number of esters is 3. The number of hydrogen-bond donors (Lipinski definition) is 0. The highest BCUT2D eigenvalue weighted by molar-refractivity contribution is 5.71. The number of rotatable bonds is 44. The lowest BCUT2D eigenvalue weighted by molar-refractivity contribution is -0.167. The van der Waals surface area contributed by atoms with Crippen LogP contribution in [-0.2, 0) is 28.6 Å². The van der Waals surface area contributed by atoms with Crippen molar-refractivity contribution in [3.8, 4) is 0 Å². The van der Waals surface area contributed by atoms with Crippen LogP contribution in [0.1, 0.15) is 271 Å². The van der Waals surface area contributed by atoms with Crippen LogP contribution in [0.2, 0.25) is 0 Å². The summed E-state index contributed by atoms with van der Waals surface area (Å²) in [5, 5.41) is 0. The third-order valence-corrected chi connectivity index (χ3v) is 10.9. The minimum absolute atomic E-state index is 0.0623. The largest absolute Gasteiger partial charge is 0.462 e. The van der Waals surface area contributed by atoms with Gasteiger partial charge in [-0.2, -0.15) is 0 Å².